The Morgan fingerprint density at radius 2 is 1.73 bits per heavy atom. The van der Waals surface area contributed by atoms with Gasteiger partial charge in [-0.2, -0.15) is 0 Å². The maximum atomic E-state index is 11.9. The molecule has 1 aromatic heterocycles. The van der Waals surface area contributed by atoms with Gasteiger partial charge in [0.1, 0.15) is 11.4 Å². The molecule has 0 aliphatic heterocycles. The first kappa shape index (κ1) is 24.7. The van der Waals surface area contributed by atoms with E-state index >= 15 is 0 Å². The smallest absolute Gasteiger partial charge is 0.335 e. The van der Waals surface area contributed by atoms with Gasteiger partial charge in [-0.15, -0.1) is 0 Å². The maximum Gasteiger partial charge on any atom is 0.335 e. The standard InChI is InChI=1S/C10H11N3O3S.C7H4N2O7/c1-7-6-10(12-16-7)13-17(14,15)9-4-2-8(11)3-5-9;10-6-4(7(11)12)1-3(8(13)14)2-5(6)9(15)16/h2-6H,11H2,1H3,(H,12,13);1-2,10H,(H,11,12). The monoisotopic (exact) mass is 481 g/mol. The van der Waals surface area contributed by atoms with E-state index in [1.54, 1.807) is 19.1 Å². The van der Waals surface area contributed by atoms with Crippen LogP contribution in [0.25, 0.3) is 0 Å². The zero-order valence-corrected chi connectivity index (χ0v) is 17.4. The van der Waals surface area contributed by atoms with Gasteiger partial charge in [-0.3, -0.25) is 25.0 Å². The molecule has 0 unspecified atom stereocenters. The molecule has 3 rings (SSSR count). The van der Waals surface area contributed by atoms with Crippen molar-refractivity contribution in [3.63, 3.8) is 0 Å². The van der Waals surface area contributed by atoms with Gasteiger partial charge in [-0.1, -0.05) is 5.16 Å². The number of nitrogens with zero attached hydrogens (tertiary/aromatic N) is 3. The highest BCUT2D eigenvalue weighted by Gasteiger charge is 2.21. The Bertz CT molecular complexity index is 1280. The topological polar surface area (TPSA) is 246 Å². The molecule has 3 aromatic rings. The second kappa shape index (κ2) is 9.71. The van der Waals surface area contributed by atoms with E-state index in [-0.39, 0.29) is 10.7 Å². The van der Waals surface area contributed by atoms with Crippen LogP contribution in [0.4, 0.5) is 22.9 Å². The minimum Gasteiger partial charge on any atom is -0.867 e. The number of nitro groups is 2. The first-order valence-corrected chi connectivity index (χ1v) is 10.1. The Labute approximate surface area is 184 Å². The van der Waals surface area contributed by atoms with E-state index in [1.165, 1.54) is 18.2 Å². The van der Waals surface area contributed by atoms with E-state index in [2.05, 4.69) is 15.6 Å². The third-order valence-corrected chi connectivity index (χ3v) is 5.16. The van der Waals surface area contributed by atoms with Gasteiger partial charge in [0.25, 0.3) is 21.4 Å². The number of anilines is 1. The predicted molar refractivity (Wildman–Crippen MR) is 107 cm³/mol. The Kier molecular flexibility index (Phi) is 7.26. The first-order valence-electron chi connectivity index (χ1n) is 8.57. The lowest BCUT2D eigenvalue weighted by atomic mass is 10.1. The molecule has 33 heavy (non-hydrogen) atoms. The lowest BCUT2D eigenvalue weighted by Gasteiger charge is -2.09. The molecule has 0 fully saturated rings. The number of rotatable bonds is 6. The zero-order valence-electron chi connectivity index (χ0n) is 16.6. The number of carbonyl (C=O) groups is 1. The fourth-order valence-corrected chi connectivity index (χ4v) is 3.26. The molecule has 15 nitrogen and oxygen atoms in total. The van der Waals surface area contributed by atoms with E-state index in [1.807, 2.05) is 0 Å². The predicted octanol–water partition coefficient (Wildman–Crippen LogP) is 0.932. The molecule has 174 valence electrons. The van der Waals surface area contributed by atoms with Gasteiger partial charge in [0.2, 0.25) is 0 Å². The van der Waals surface area contributed by atoms with Crippen molar-refractivity contribution in [2.24, 2.45) is 0 Å². The summed E-state index contributed by atoms with van der Waals surface area (Å²) in [5, 5.41) is 44.0. The van der Waals surface area contributed by atoms with Crippen molar-refractivity contribution in [2.45, 2.75) is 11.8 Å². The molecule has 0 spiro atoms. The minimum absolute atomic E-state index is 0.158. The van der Waals surface area contributed by atoms with E-state index < -0.39 is 48.5 Å². The lowest BCUT2D eigenvalue weighted by molar-refractivity contribution is -0.403. The SMILES string of the molecule is Cc1cc(NS(=O)(=O)c2ccc([NH3+])cc2)no1.O=C(O)c1cc([N+](=O)[O-])cc([N+](=O)[O-])c1[O-]. The second-order valence-corrected chi connectivity index (χ2v) is 7.92. The Hall–Kier alpha value is -4.57. The summed E-state index contributed by atoms with van der Waals surface area (Å²) < 4.78 is 30.9. The van der Waals surface area contributed by atoms with Crippen molar-refractivity contribution in [2.75, 3.05) is 4.72 Å². The number of carboxylic acid groups (broad SMARTS) is 1. The minimum atomic E-state index is -3.62. The maximum absolute atomic E-state index is 11.9. The summed E-state index contributed by atoms with van der Waals surface area (Å²) in [6, 6.07) is 8.64. The molecule has 0 saturated carbocycles. The van der Waals surface area contributed by atoms with Crippen molar-refractivity contribution >= 4 is 38.9 Å². The van der Waals surface area contributed by atoms with Crippen LogP contribution in [0, 0.1) is 27.2 Å². The molecule has 1 heterocycles. The van der Waals surface area contributed by atoms with E-state index in [0.717, 1.165) is 5.69 Å². The van der Waals surface area contributed by atoms with Gasteiger partial charge in [0.15, 0.2) is 5.82 Å². The number of aromatic nitrogens is 1. The molecule has 2 aromatic carbocycles. The second-order valence-electron chi connectivity index (χ2n) is 6.23. The number of carboxylic acids is 1. The van der Waals surface area contributed by atoms with Gasteiger partial charge in [-0.25, -0.2) is 13.2 Å². The number of hydrogen-bond donors (Lipinski definition) is 3. The van der Waals surface area contributed by atoms with E-state index in [4.69, 9.17) is 9.63 Å². The molecule has 0 bridgehead atoms. The molecule has 0 aliphatic carbocycles. The largest absolute Gasteiger partial charge is 0.867 e. The molecule has 0 atom stereocenters. The van der Waals surface area contributed by atoms with E-state index in [9.17, 15) is 38.5 Å². The normalized spacial score (nSPS) is 10.6. The van der Waals surface area contributed by atoms with Gasteiger partial charge in [-0.05, 0) is 24.8 Å². The third kappa shape index (κ3) is 6.21. The Morgan fingerprint density at radius 1 is 1.12 bits per heavy atom. The van der Waals surface area contributed by atoms with Crippen LogP contribution in [0.2, 0.25) is 0 Å². The van der Waals surface area contributed by atoms with Crippen molar-refractivity contribution in [1.82, 2.24) is 5.16 Å². The van der Waals surface area contributed by atoms with Gasteiger partial charge >= 0.3 is 5.97 Å². The van der Waals surface area contributed by atoms with Gasteiger partial charge in [0.05, 0.1) is 26.4 Å². The van der Waals surface area contributed by atoms with Crippen LogP contribution in [-0.4, -0.2) is 34.5 Å². The summed E-state index contributed by atoms with van der Waals surface area (Å²) in [6.07, 6.45) is 0. The number of aryl methyl sites for hydroxylation is 1. The number of benzene rings is 2. The Morgan fingerprint density at radius 3 is 2.18 bits per heavy atom. The van der Waals surface area contributed by atoms with Crippen LogP contribution < -0.4 is 15.6 Å². The van der Waals surface area contributed by atoms with Crippen LogP contribution in [0.5, 0.6) is 5.75 Å². The fraction of sp³-hybridized carbons (Fsp3) is 0.0588. The number of non-ortho nitro benzene ring substituents is 1. The third-order valence-electron chi connectivity index (χ3n) is 3.79. The first-order chi connectivity index (χ1) is 15.3. The molecule has 0 saturated heterocycles. The molecular formula is C17H15N5O10S. The quantitative estimate of drug-likeness (QED) is 0.330. The van der Waals surface area contributed by atoms with Crippen molar-refractivity contribution in [1.29, 1.82) is 0 Å². The molecule has 0 amide bonds. The number of aromatic carboxylic acids is 1. The van der Waals surface area contributed by atoms with Crippen LogP contribution in [0.15, 0.2) is 51.9 Å². The zero-order chi connectivity index (χ0) is 24.9. The van der Waals surface area contributed by atoms with Crippen LogP contribution in [0.3, 0.4) is 0 Å². The highest BCUT2D eigenvalue weighted by atomic mass is 32.2. The Balaban J connectivity index is 0.000000234. The average Bonchev–Trinajstić information content (AvgIpc) is 3.12. The fourth-order valence-electron chi connectivity index (χ4n) is 2.28. The summed E-state index contributed by atoms with van der Waals surface area (Å²) in [4.78, 5) is 29.2. The summed E-state index contributed by atoms with van der Waals surface area (Å²) in [7, 11) is -3.62. The molecule has 16 heteroatoms. The number of nitrogens with one attached hydrogen (secondary N) is 1. The van der Waals surface area contributed by atoms with Crippen molar-refractivity contribution in [3.8, 4) is 5.75 Å². The summed E-state index contributed by atoms with van der Waals surface area (Å²) in [5.41, 5.74) is 1.49. The van der Waals surface area contributed by atoms with Crippen molar-refractivity contribution < 1.29 is 43.5 Å². The number of hydrogen-bond acceptors (Lipinski definition) is 10. The number of sulfonamides is 1. The van der Waals surface area contributed by atoms with Crippen LogP contribution in [0.1, 0.15) is 16.1 Å². The summed E-state index contributed by atoms with van der Waals surface area (Å²) in [5.74, 6) is -2.41. The molecular weight excluding hydrogens is 466 g/mol. The average molecular weight is 481 g/mol. The van der Waals surface area contributed by atoms with Crippen molar-refractivity contribution in [3.05, 3.63) is 74.0 Å². The van der Waals surface area contributed by atoms with Crippen LogP contribution in [-0.2, 0) is 10.0 Å². The molecule has 0 aliphatic rings. The van der Waals surface area contributed by atoms with Gasteiger partial charge < -0.3 is 20.5 Å². The summed E-state index contributed by atoms with van der Waals surface area (Å²) in [6.45, 7) is 1.68. The molecule has 5 N–H and O–H groups in total. The van der Waals surface area contributed by atoms with Crippen LogP contribution >= 0.6 is 0 Å². The molecule has 0 radical (unpaired) electrons. The van der Waals surface area contributed by atoms with E-state index in [0.29, 0.717) is 17.9 Å². The van der Waals surface area contributed by atoms with Gasteiger partial charge in [0, 0.05) is 24.3 Å². The number of quaternary nitrogens is 1. The number of nitro benzene ring substituents is 2. The highest BCUT2D eigenvalue weighted by Crippen LogP contribution is 2.32. The lowest BCUT2D eigenvalue weighted by Crippen LogP contribution is -2.39. The summed E-state index contributed by atoms with van der Waals surface area (Å²) >= 11 is 0. The highest BCUT2D eigenvalue weighted by molar-refractivity contribution is 7.92.